The van der Waals surface area contributed by atoms with Crippen LogP contribution in [0, 0.1) is 6.92 Å². The predicted molar refractivity (Wildman–Crippen MR) is 49.4 cm³/mol. The summed E-state index contributed by atoms with van der Waals surface area (Å²) in [5.74, 6) is 0. The number of morpholine rings is 1. The van der Waals surface area contributed by atoms with Gasteiger partial charge in [-0.25, -0.2) is 0 Å². The molecule has 0 aromatic carbocycles. The average Bonchev–Trinajstić information content (AvgIpc) is 2.53. The summed E-state index contributed by atoms with van der Waals surface area (Å²) in [5, 5.41) is 4.34. The monoisotopic (exact) mass is 181 g/mol. The minimum absolute atomic E-state index is 0.847. The van der Waals surface area contributed by atoms with Crippen LogP contribution in [0.5, 0.6) is 0 Å². The highest BCUT2D eigenvalue weighted by Gasteiger charge is 2.10. The molecular weight excluding hydrogens is 166 g/mol. The molecule has 0 unspecified atom stereocenters. The molecule has 72 valence electrons. The van der Waals surface area contributed by atoms with E-state index < -0.39 is 0 Å². The van der Waals surface area contributed by atoms with Crippen molar-refractivity contribution in [3.05, 3.63) is 18.0 Å². The van der Waals surface area contributed by atoms with Gasteiger partial charge in [-0.1, -0.05) is 0 Å². The number of aryl methyl sites for hydroxylation is 1. The summed E-state index contributed by atoms with van der Waals surface area (Å²) in [6.45, 7) is 6.62. The van der Waals surface area contributed by atoms with Crippen LogP contribution in [-0.4, -0.2) is 41.0 Å². The molecule has 0 atom stereocenters. The molecule has 0 saturated carbocycles. The van der Waals surface area contributed by atoms with Gasteiger partial charge in [0.05, 0.1) is 25.6 Å². The molecule has 2 rings (SSSR count). The van der Waals surface area contributed by atoms with Gasteiger partial charge in [-0.15, -0.1) is 0 Å². The van der Waals surface area contributed by atoms with Crippen molar-refractivity contribution in [3.63, 3.8) is 0 Å². The lowest BCUT2D eigenvalue weighted by atomic mass is 10.4. The zero-order valence-electron chi connectivity index (χ0n) is 7.94. The Morgan fingerprint density at radius 3 is 2.85 bits per heavy atom. The molecule has 0 amide bonds. The summed E-state index contributed by atoms with van der Waals surface area (Å²) in [7, 11) is 0. The smallest absolute Gasteiger partial charge is 0.0930 e. The first kappa shape index (κ1) is 8.72. The van der Waals surface area contributed by atoms with Gasteiger partial charge in [0.1, 0.15) is 0 Å². The van der Waals surface area contributed by atoms with Gasteiger partial charge in [-0.2, -0.15) is 5.10 Å². The van der Waals surface area contributed by atoms with E-state index in [0.717, 1.165) is 38.7 Å². The van der Waals surface area contributed by atoms with Gasteiger partial charge in [0.15, 0.2) is 0 Å². The highest BCUT2D eigenvalue weighted by atomic mass is 16.5. The second-order valence-corrected chi connectivity index (χ2v) is 3.37. The number of nitrogens with zero attached hydrogens (tertiary/aromatic N) is 3. The summed E-state index contributed by atoms with van der Waals surface area (Å²) in [5.41, 5.74) is 1.08. The number of hydrogen-bond acceptors (Lipinski definition) is 3. The van der Waals surface area contributed by atoms with E-state index in [1.165, 1.54) is 0 Å². The summed E-state index contributed by atoms with van der Waals surface area (Å²) in [6.07, 6.45) is 2.02. The Kier molecular flexibility index (Phi) is 2.61. The second kappa shape index (κ2) is 3.89. The van der Waals surface area contributed by atoms with Crippen molar-refractivity contribution >= 4 is 0 Å². The lowest BCUT2D eigenvalue weighted by Gasteiger charge is -2.26. The lowest BCUT2D eigenvalue weighted by Crippen LogP contribution is -2.37. The highest BCUT2D eigenvalue weighted by molar-refractivity contribution is 4.94. The van der Waals surface area contributed by atoms with Gasteiger partial charge in [0.25, 0.3) is 0 Å². The van der Waals surface area contributed by atoms with Gasteiger partial charge >= 0.3 is 0 Å². The topological polar surface area (TPSA) is 30.3 Å². The van der Waals surface area contributed by atoms with Gasteiger partial charge in [-0.3, -0.25) is 9.58 Å². The quantitative estimate of drug-likeness (QED) is 0.665. The van der Waals surface area contributed by atoms with Gasteiger partial charge in [0, 0.05) is 19.3 Å². The van der Waals surface area contributed by atoms with Crippen LogP contribution in [0.15, 0.2) is 12.3 Å². The van der Waals surface area contributed by atoms with Crippen molar-refractivity contribution in [3.8, 4) is 0 Å². The Balaban J connectivity index is 1.89. The predicted octanol–water partition coefficient (Wildman–Crippen LogP) is 0.481. The number of aromatic nitrogens is 2. The average molecular weight is 181 g/mol. The van der Waals surface area contributed by atoms with E-state index in [4.69, 9.17) is 4.74 Å². The molecule has 0 radical (unpaired) electrons. The molecule has 4 nitrogen and oxygen atoms in total. The first-order chi connectivity index (χ1) is 6.34. The maximum Gasteiger partial charge on any atom is 0.0930 e. The normalized spacial score (nSPS) is 19.2. The van der Waals surface area contributed by atoms with Crippen molar-refractivity contribution in [1.29, 1.82) is 0 Å². The fourth-order valence-electron chi connectivity index (χ4n) is 1.49. The van der Waals surface area contributed by atoms with Crippen LogP contribution in [-0.2, 0) is 11.4 Å². The zero-order valence-corrected chi connectivity index (χ0v) is 7.94. The highest BCUT2D eigenvalue weighted by Crippen LogP contribution is 2.00. The Labute approximate surface area is 78.1 Å². The Morgan fingerprint density at radius 2 is 2.23 bits per heavy atom. The maximum atomic E-state index is 5.27. The Morgan fingerprint density at radius 1 is 1.46 bits per heavy atom. The number of hydrogen-bond donors (Lipinski definition) is 0. The summed E-state index contributed by atoms with van der Waals surface area (Å²) in [4.78, 5) is 2.34. The molecule has 0 bridgehead atoms. The number of rotatable bonds is 2. The fraction of sp³-hybridized carbons (Fsp3) is 0.667. The summed E-state index contributed by atoms with van der Waals surface area (Å²) < 4.78 is 7.24. The first-order valence-electron chi connectivity index (χ1n) is 4.65. The van der Waals surface area contributed by atoms with E-state index in [1.54, 1.807) is 0 Å². The molecule has 1 saturated heterocycles. The van der Waals surface area contributed by atoms with Crippen molar-refractivity contribution < 1.29 is 4.74 Å². The van der Waals surface area contributed by atoms with Crippen molar-refractivity contribution in [2.45, 2.75) is 13.6 Å². The maximum absolute atomic E-state index is 5.27. The van der Waals surface area contributed by atoms with Crippen molar-refractivity contribution in [1.82, 2.24) is 14.7 Å². The van der Waals surface area contributed by atoms with Crippen LogP contribution in [0.1, 0.15) is 5.69 Å². The second-order valence-electron chi connectivity index (χ2n) is 3.37. The molecule has 1 aromatic rings. The minimum Gasteiger partial charge on any atom is -0.379 e. The molecule has 0 aliphatic carbocycles. The molecule has 4 heteroatoms. The fourth-order valence-corrected chi connectivity index (χ4v) is 1.49. The van der Waals surface area contributed by atoms with E-state index in [1.807, 2.05) is 23.9 Å². The first-order valence-corrected chi connectivity index (χ1v) is 4.65. The zero-order chi connectivity index (χ0) is 9.10. The van der Waals surface area contributed by atoms with Crippen LogP contribution in [0.25, 0.3) is 0 Å². The Hall–Kier alpha value is -0.870. The molecular formula is C9H15N3O. The van der Waals surface area contributed by atoms with Crippen LogP contribution in [0.2, 0.25) is 0 Å². The Bertz CT molecular complexity index is 266. The van der Waals surface area contributed by atoms with Crippen LogP contribution in [0.4, 0.5) is 0 Å². The molecule has 1 aromatic heterocycles. The SMILES string of the molecule is Cc1ccn(CN2CCOCC2)n1. The summed E-state index contributed by atoms with van der Waals surface area (Å²) in [6, 6.07) is 2.03. The molecule has 0 N–H and O–H groups in total. The number of ether oxygens (including phenoxy) is 1. The molecule has 13 heavy (non-hydrogen) atoms. The standard InChI is InChI=1S/C9H15N3O/c1-9-2-3-12(10-9)8-11-4-6-13-7-5-11/h2-3H,4-8H2,1H3. The van der Waals surface area contributed by atoms with Crippen LogP contribution < -0.4 is 0 Å². The van der Waals surface area contributed by atoms with E-state index in [0.29, 0.717) is 0 Å². The third kappa shape index (κ3) is 2.29. The largest absolute Gasteiger partial charge is 0.379 e. The minimum atomic E-state index is 0.847. The van der Waals surface area contributed by atoms with Gasteiger partial charge < -0.3 is 4.74 Å². The molecule has 1 aliphatic heterocycles. The van der Waals surface area contributed by atoms with Gasteiger partial charge in [0.2, 0.25) is 0 Å². The molecule has 1 fully saturated rings. The summed E-state index contributed by atoms with van der Waals surface area (Å²) >= 11 is 0. The van der Waals surface area contributed by atoms with E-state index >= 15 is 0 Å². The third-order valence-corrected chi connectivity index (χ3v) is 2.22. The van der Waals surface area contributed by atoms with E-state index in [-0.39, 0.29) is 0 Å². The van der Waals surface area contributed by atoms with E-state index in [2.05, 4.69) is 10.00 Å². The van der Waals surface area contributed by atoms with Crippen LogP contribution >= 0.6 is 0 Å². The lowest BCUT2D eigenvalue weighted by molar-refractivity contribution is 0.0213. The van der Waals surface area contributed by atoms with Gasteiger partial charge in [-0.05, 0) is 13.0 Å². The van der Waals surface area contributed by atoms with Crippen LogP contribution in [0.3, 0.4) is 0 Å². The molecule has 1 aliphatic rings. The molecule has 0 spiro atoms. The third-order valence-electron chi connectivity index (χ3n) is 2.22. The molecule has 2 heterocycles. The van der Waals surface area contributed by atoms with E-state index in [9.17, 15) is 0 Å². The van der Waals surface area contributed by atoms with Crippen molar-refractivity contribution in [2.75, 3.05) is 26.3 Å². The van der Waals surface area contributed by atoms with Crippen molar-refractivity contribution in [2.24, 2.45) is 0 Å².